The second-order valence-corrected chi connectivity index (χ2v) is 7.93. The number of nitrogens with one attached hydrogen (secondary N) is 1. The lowest BCUT2D eigenvalue weighted by molar-refractivity contribution is -0.0953. The van der Waals surface area contributed by atoms with E-state index in [0.717, 1.165) is 22.2 Å². The molecule has 0 radical (unpaired) electrons. The number of aromatic amines is 1. The lowest BCUT2D eigenvalue weighted by Gasteiger charge is -2.30. The molecule has 2 aromatic carbocycles. The third-order valence-corrected chi connectivity index (χ3v) is 5.43. The molecule has 1 aromatic heterocycles. The number of aromatic nitrogens is 1. The normalized spacial score (nSPS) is 16.1. The molecular weight excluding hydrogens is 408 g/mol. The Balaban J connectivity index is 1.65. The van der Waals surface area contributed by atoms with Gasteiger partial charge in [0.05, 0.1) is 39.1 Å². The number of hydrogen-bond donors (Lipinski definition) is 1. The van der Waals surface area contributed by atoms with E-state index in [1.165, 1.54) is 0 Å². The van der Waals surface area contributed by atoms with Crippen molar-refractivity contribution in [2.45, 2.75) is 26.5 Å². The maximum atomic E-state index is 13.4. The van der Waals surface area contributed by atoms with Crippen LogP contribution in [0.3, 0.4) is 0 Å². The molecule has 1 amide bonds. The second kappa shape index (κ2) is 9.97. The zero-order valence-electron chi connectivity index (χ0n) is 18.4. The van der Waals surface area contributed by atoms with Gasteiger partial charge in [0.2, 0.25) is 0 Å². The number of benzene rings is 2. The summed E-state index contributed by atoms with van der Waals surface area (Å²) in [5.41, 5.74) is 2.59. The maximum absolute atomic E-state index is 13.4. The van der Waals surface area contributed by atoms with Crippen molar-refractivity contribution in [2.75, 3.05) is 33.0 Å². The van der Waals surface area contributed by atoms with Crippen molar-refractivity contribution < 1.29 is 19.0 Å². The van der Waals surface area contributed by atoms with Crippen LogP contribution in [-0.2, 0) is 16.0 Å². The highest BCUT2D eigenvalue weighted by molar-refractivity contribution is 5.94. The van der Waals surface area contributed by atoms with Gasteiger partial charge in [0.15, 0.2) is 0 Å². The Kier molecular flexibility index (Phi) is 6.87. The van der Waals surface area contributed by atoms with Crippen LogP contribution in [0.25, 0.3) is 10.9 Å². The van der Waals surface area contributed by atoms with Gasteiger partial charge in [0.1, 0.15) is 5.75 Å². The monoisotopic (exact) mass is 436 g/mol. The molecule has 1 atom stereocenters. The van der Waals surface area contributed by atoms with Gasteiger partial charge in [-0.3, -0.25) is 9.59 Å². The van der Waals surface area contributed by atoms with Gasteiger partial charge in [-0.05, 0) is 50.2 Å². The van der Waals surface area contributed by atoms with Crippen LogP contribution < -0.4 is 10.3 Å². The maximum Gasteiger partial charge on any atom is 0.254 e. The zero-order valence-corrected chi connectivity index (χ0v) is 18.4. The van der Waals surface area contributed by atoms with Gasteiger partial charge in [-0.15, -0.1) is 0 Å². The average Bonchev–Trinajstić information content (AvgIpc) is 2.79. The molecule has 1 aliphatic heterocycles. The molecule has 4 rings (SSSR count). The number of hydrogen-bond acceptors (Lipinski definition) is 5. The average molecular weight is 437 g/mol. The Bertz CT molecular complexity index is 1150. The zero-order chi connectivity index (χ0) is 22.5. The van der Waals surface area contributed by atoms with Crippen LogP contribution in [0.5, 0.6) is 5.75 Å². The minimum Gasteiger partial charge on any atom is -0.494 e. The first-order chi connectivity index (χ1) is 15.5. The fourth-order valence-corrected chi connectivity index (χ4v) is 3.88. The highest BCUT2D eigenvalue weighted by Gasteiger charge is 2.24. The number of H-pyrrole nitrogens is 1. The molecule has 0 unspecified atom stereocenters. The quantitative estimate of drug-likeness (QED) is 0.615. The van der Waals surface area contributed by atoms with E-state index >= 15 is 0 Å². The minimum atomic E-state index is -0.235. The van der Waals surface area contributed by atoms with Crippen molar-refractivity contribution in [1.29, 1.82) is 0 Å². The molecule has 1 fully saturated rings. The second-order valence-electron chi connectivity index (χ2n) is 7.93. The van der Waals surface area contributed by atoms with Crippen molar-refractivity contribution in [1.82, 2.24) is 9.88 Å². The molecule has 1 saturated heterocycles. The SMILES string of the molecule is CCOc1ccc2[nH]c(=O)c(CN(C[C@H]3COCCO3)C(=O)c3cccc(C)c3)cc2c1. The fourth-order valence-electron chi connectivity index (χ4n) is 3.88. The number of carbonyl (C=O) groups is 1. The molecular formula is C25H28N2O5. The summed E-state index contributed by atoms with van der Waals surface area (Å²) in [5, 5.41) is 0.853. The molecule has 7 nitrogen and oxygen atoms in total. The van der Waals surface area contributed by atoms with Crippen molar-refractivity contribution in [3.8, 4) is 5.75 Å². The summed E-state index contributed by atoms with van der Waals surface area (Å²) in [4.78, 5) is 30.8. The molecule has 0 saturated carbocycles. The molecule has 0 spiro atoms. The molecule has 1 aliphatic rings. The summed E-state index contributed by atoms with van der Waals surface area (Å²) in [7, 11) is 0. The number of nitrogens with zero attached hydrogens (tertiary/aromatic N) is 1. The van der Waals surface area contributed by atoms with Gasteiger partial charge in [0.25, 0.3) is 11.5 Å². The molecule has 7 heteroatoms. The Labute approximate surface area is 186 Å². The van der Waals surface area contributed by atoms with Crippen LogP contribution in [0.1, 0.15) is 28.4 Å². The van der Waals surface area contributed by atoms with Gasteiger partial charge in [-0.25, -0.2) is 0 Å². The number of fused-ring (bicyclic) bond motifs is 1. The predicted molar refractivity (Wildman–Crippen MR) is 122 cm³/mol. The highest BCUT2D eigenvalue weighted by Crippen LogP contribution is 2.20. The Morgan fingerprint density at radius 3 is 2.81 bits per heavy atom. The molecule has 168 valence electrons. The van der Waals surface area contributed by atoms with Crippen LogP contribution >= 0.6 is 0 Å². The molecule has 3 aromatic rings. The molecule has 1 N–H and O–H groups in total. The molecule has 2 heterocycles. The number of carbonyl (C=O) groups excluding carboxylic acids is 1. The third-order valence-electron chi connectivity index (χ3n) is 5.43. The lowest BCUT2D eigenvalue weighted by Crippen LogP contribution is -2.43. The number of pyridine rings is 1. The van der Waals surface area contributed by atoms with Crippen LogP contribution in [0, 0.1) is 6.92 Å². The van der Waals surface area contributed by atoms with E-state index in [-0.39, 0.29) is 24.1 Å². The largest absolute Gasteiger partial charge is 0.494 e. The van der Waals surface area contributed by atoms with Gasteiger partial charge in [-0.1, -0.05) is 17.7 Å². The fraction of sp³-hybridized carbons (Fsp3) is 0.360. The first-order valence-electron chi connectivity index (χ1n) is 10.9. The Hall–Kier alpha value is -3.16. The van der Waals surface area contributed by atoms with E-state index in [2.05, 4.69) is 4.98 Å². The number of amides is 1. The number of ether oxygens (including phenoxy) is 3. The van der Waals surface area contributed by atoms with Gasteiger partial charge < -0.3 is 24.1 Å². The summed E-state index contributed by atoms with van der Waals surface area (Å²) in [6.07, 6.45) is -0.235. The minimum absolute atomic E-state index is 0.148. The third kappa shape index (κ3) is 5.18. The molecule has 0 aliphatic carbocycles. The lowest BCUT2D eigenvalue weighted by atomic mass is 10.1. The van der Waals surface area contributed by atoms with Crippen LogP contribution in [0.2, 0.25) is 0 Å². The summed E-state index contributed by atoms with van der Waals surface area (Å²) in [5.74, 6) is 0.587. The molecule has 32 heavy (non-hydrogen) atoms. The van der Waals surface area contributed by atoms with Gasteiger partial charge in [0, 0.05) is 28.6 Å². The van der Waals surface area contributed by atoms with E-state index in [1.807, 2.05) is 56.3 Å². The van der Waals surface area contributed by atoms with Crippen molar-refractivity contribution in [3.63, 3.8) is 0 Å². The van der Waals surface area contributed by atoms with E-state index in [4.69, 9.17) is 14.2 Å². The van der Waals surface area contributed by atoms with Crippen molar-refractivity contribution >= 4 is 16.8 Å². The van der Waals surface area contributed by atoms with Crippen LogP contribution in [0.15, 0.2) is 53.3 Å². The van der Waals surface area contributed by atoms with E-state index in [0.29, 0.717) is 44.1 Å². The van der Waals surface area contributed by atoms with E-state index < -0.39 is 0 Å². The van der Waals surface area contributed by atoms with E-state index in [1.54, 1.807) is 11.0 Å². The number of rotatable bonds is 7. The Morgan fingerprint density at radius 1 is 1.19 bits per heavy atom. The summed E-state index contributed by atoms with van der Waals surface area (Å²) in [6.45, 7) is 6.40. The predicted octanol–water partition coefficient (Wildman–Crippen LogP) is 3.29. The first kappa shape index (κ1) is 22.0. The summed E-state index contributed by atoms with van der Waals surface area (Å²) in [6, 6.07) is 14.8. The van der Waals surface area contributed by atoms with Gasteiger partial charge in [-0.2, -0.15) is 0 Å². The van der Waals surface area contributed by atoms with Crippen molar-refractivity contribution in [2.24, 2.45) is 0 Å². The smallest absolute Gasteiger partial charge is 0.254 e. The number of aryl methyl sites for hydroxylation is 1. The topological polar surface area (TPSA) is 80.9 Å². The Morgan fingerprint density at radius 2 is 2.06 bits per heavy atom. The van der Waals surface area contributed by atoms with Crippen molar-refractivity contribution in [3.05, 3.63) is 75.6 Å². The van der Waals surface area contributed by atoms with Crippen LogP contribution in [0.4, 0.5) is 0 Å². The van der Waals surface area contributed by atoms with E-state index in [9.17, 15) is 9.59 Å². The standard InChI is InChI=1S/C25H28N2O5/c1-3-31-21-7-8-23-19(13-21)12-20(24(28)26-23)14-27(15-22-16-30-9-10-32-22)25(29)18-6-4-5-17(2)11-18/h4-8,11-13,22H,3,9-10,14-16H2,1-2H3,(H,26,28)/t22-/m0/s1. The summed E-state index contributed by atoms with van der Waals surface area (Å²) < 4.78 is 16.9. The highest BCUT2D eigenvalue weighted by atomic mass is 16.6. The molecule has 0 bridgehead atoms. The summed E-state index contributed by atoms with van der Waals surface area (Å²) >= 11 is 0. The first-order valence-corrected chi connectivity index (χ1v) is 10.9. The van der Waals surface area contributed by atoms with Crippen LogP contribution in [-0.4, -0.2) is 54.9 Å². The van der Waals surface area contributed by atoms with Gasteiger partial charge >= 0.3 is 0 Å².